The molecule has 0 aliphatic rings. The van der Waals surface area contributed by atoms with Crippen LogP contribution in [-0.4, -0.2) is 10.2 Å². The fourth-order valence-corrected chi connectivity index (χ4v) is 2.09. The van der Waals surface area contributed by atoms with E-state index in [9.17, 15) is 15.0 Å². The van der Waals surface area contributed by atoms with E-state index in [0.29, 0.717) is 10.8 Å². The molecule has 0 saturated heterocycles. The molecular formula is C13H7ClO4. The minimum absolute atomic E-state index is 0.0148. The van der Waals surface area contributed by atoms with Gasteiger partial charge in [-0.05, 0) is 24.3 Å². The molecule has 4 nitrogen and oxygen atoms in total. The smallest absolute Gasteiger partial charge is 0.344 e. The number of aromatic hydroxyl groups is 2. The van der Waals surface area contributed by atoms with E-state index in [0.717, 1.165) is 0 Å². The lowest BCUT2D eigenvalue weighted by Gasteiger charge is -2.04. The van der Waals surface area contributed by atoms with E-state index in [1.54, 1.807) is 6.07 Å². The van der Waals surface area contributed by atoms with Gasteiger partial charge in [-0.2, -0.15) is 0 Å². The van der Waals surface area contributed by atoms with Crippen LogP contribution >= 0.6 is 11.6 Å². The minimum atomic E-state index is -0.574. The summed E-state index contributed by atoms with van der Waals surface area (Å²) in [5.41, 5.74) is -0.324. The van der Waals surface area contributed by atoms with Gasteiger partial charge >= 0.3 is 5.63 Å². The summed E-state index contributed by atoms with van der Waals surface area (Å²) < 4.78 is 5.08. The number of rotatable bonds is 0. The Balaban J connectivity index is 2.60. The van der Waals surface area contributed by atoms with Crippen molar-refractivity contribution < 1.29 is 14.6 Å². The minimum Gasteiger partial charge on any atom is -0.508 e. The molecule has 0 saturated carbocycles. The van der Waals surface area contributed by atoms with Gasteiger partial charge in [0.1, 0.15) is 17.1 Å². The van der Waals surface area contributed by atoms with Crippen LogP contribution in [0.15, 0.2) is 39.5 Å². The fraction of sp³-hybridized carbons (Fsp3) is 0. The number of phenols is 2. The predicted molar refractivity (Wildman–Crippen MR) is 68.3 cm³/mol. The van der Waals surface area contributed by atoms with Crippen LogP contribution in [0, 0.1) is 0 Å². The summed E-state index contributed by atoms with van der Waals surface area (Å²) in [6.45, 7) is 0. The second-order valence-corrected chi connectivity index (χ2v) is 4.33. The Morgan fingerprint density at radius 2 is 1.78 bits per heavy atom. The largest absolute Gasteiger partial charge is 0.508 e. The van der Waals surface area contributed by atoms with Gasteiger partial charge < -0.3 is 14.6 Å². The Labute approximate surface area is 106 Å². The Hall–Kier alpha value is -2.20. The van der Waals surface area contributed by atoms with Crippen LogP contribution in [0.2, 0.25) is 5.02 Å². The molecule has 5 heteroatoms. The molecule has 90 valence electrons. The van der Waals surface area contributed by atoms with Crippen molar-refractivity contribution in [3.63, 3.8) is 0 Å². The van der Waals surface area contributed by atoms with Crippen LogP contribution in [0.5, 0.6) is 11.5 Å². The predicted octanol–water partition coefficient (Wildman–Crippen LogP) is 3.01. The second kappa shape index (κ2) is 3.65. The first-order chi connectivity index (χ1) is 8.56. The summed E-state index contributed by atoms with van der Waals surface area (Å²) in [5, 5.41) is 20.5. The molecule has 0 fully saturated rings. The van der Waals surface area contributed by atoms with Crippen LogP contribution < -0.4 is 5.63 Å². The van der Waals surface area contributed by atoms with Gasteiger partial charge in [0.2, 0.25) is 0 Å². The van der Waals surface area contributed by atoms with Gasteiger partial charge in [-0.3, -0.25) is 0 Å². The average molecular weight is 263 g/mol. The van der Waals surface area contributed by atoms with E-state index in [2.05, 4.69) is 0 Å². The lowest BCUT2D eigenvalue weighted by atomic mass is 10.1. The molecule has 3 rings (SSSR count). The maximum absolute atomic E-state index is 11.7. The first-order valence-corrected chi connectivity index (χ1v) is 5.52. The molecule has 0 spiro atoms. The number of halogens is 1. The van der Waals surface area contributed by atoms with Crippen molar-refractivity contribution >= 4 is 33.3 Å². The van der Waals surface area contributed by atoms with Crippen molar-refractivity contribution in [1.29, 1.82) is 0 Å². The fourth-order valence-electron chi connectivity index (χ4n) is 1.93. The van der Waals surface area contributed by atoms with Crippen LogP contribution in [0.25, 0.3) is 21.7 Å². The maximum atomic E-state index is 11.7. The van der Waals surface area contributed by atoms with Crippen molar-refractivity contribution in [3.05, 3.63) is 45.8 Å². The van der Waals surface area contributed by atoms with E-state index in [1.807, 2.05) is 0 Å². The Bertz CT molecular complexity index is 836. The van der Waals surface area contributed by atoms with Gasteiger partial charge in [-0.15, -0.1) is 0 Å². The first kappa shape index (κ1) is 10.9. The van der Waals surface area contributed by atoms with Crippen molar-refractivity contribution in [1.82, 2.24) is 0 Å². The summed E-state index contributed by atoms with van der Waals surface area (Å²) >= 11 is 5.84. The van der Waals surface area contributed by atoms with E-state index >= 15 is 0 Å². The standard InChI is InChI=1S/C13H7ClO4/c14-10-4-8-7-2-1-6(15)3-9(7)13(17)18-12(8)5-11(10)16/h1-5,15-16H. The van der Waals surface area contributed by atoms with E-state index in [4.69, 9.17) is 16.0 Å². The van der Waals surface area contributed by atoms with Crippen LogP contribution in [-0.2, 0) is 0 Å². The summed E-state index contributed by atoms with van der Waals surface area (Å²) in [5.74, 6) is -0.163. The van der Waals surface area contributed by atoms with E-state index in [1.165, 1.54) is 24.3 Å². The van der Waals surface area contributed by atoms with Crippen LogP contribution in [0.3, 0.4) is 0 Å². The van der Waals surface area contributed by atoms with Crippen LogP contribution in [0.1, 0.15) is 0 Å². The molecule has 2 N–H and O–H groups in total. The number of benzene rings is 2. The first-order valence-electron chi connectivity index (χ1n) is 5.14. The highest BCUT2D eigenvalue weighted by atomic mass is 35.5. The van der Waals surface area contributed by atoms with Crippen molar-refractivity contribution in [2.45, 2.75) is 0 Å². The number of hydrogen-bond donors (Lipinski definition) is 2. The summed E-state index contributed by atoms with van der Waals surface area (Å²) in [7, 11) is 0. The summed E-state index contributed by atoms with van der Waals surface area (Å²) in [6, 6.07) is 7.24. The molecule has 0 aliphatic carbocycles. The third-order valence-electron chi connectivity index (χ3n) is 2.76. The Morgan fingerprint density at radius 1 is 1.00 bits per heavy atom. The lowest BCUT2D eigenvalue weighted by molar-refractivity contribution is 0.472. The molecule has 0 aliphatic heterocycles. The van der Waals surface area contributed by atoms with Gasteiger partial charge in [0.15, 0.2) is 0 Å². The average Bonchev–Trinajstić information content (AvgIpc) is 2.32. The molecule has 0 bridgehead atoms. The number of fused-ring (bicyclic) bond motifs is 3. The normalized spacial score (nSPS) is 11.2. The molecule has 3 aromatic rings. The van der Waals surface area contributed by atoms with E-state index in [-0.39, 0.29) is 27.5 Å². The van der Waals surface area contributed by atoms with Crippen LogP contribution in [0.4, 0.5) is 0 Å². The van der Waals surface area contributed by atoms with Gasteiger partial charge in [0, 0.05) is 16.8 Å². The van der Waals surface area contributed by atoms with Crippen molar-refractivity contribution in [2.75, 3.05) is 0 Å². The molecule has 2 aromatic carbocycles. The Kier molecular flexibility index (Phi) is 2.21. The zero-order valence-corrected chi connectivity index (χ0v) is 9.73. The quantitative estimate of drug-likeness (QED) is 0.483. The number of phenolic OH excluding ortho intramolecular Hbond substituents is 2. The van der Waals surface area contributed by atoms with Crippen molar-refractivity contribution in [3.8, 4) is 11.5 Å². The van der Waals surface area contributed by atoms with Gasteiger partial charge in [-0.25, -0.2) is 4.79 Å². The topological polar surface area (TPSA) is 70.7 Å². The Morgan fingerprint density at radius 3 is 2.56 bits per heavy atom. The zero-order valence-electron chi connectivity index (χ0n) is 8.98. The van der Waals surface area contributed by atoms with Gasteiger partial charge in [0.25, 0.3) is 0 Å². The maximum Gasteiger partial charge on any atom is 0.344 e. The summed E-state index contributed by atoms with van der Waals surface area (Å²) in [4.78, 5) is 11.7. The summed E-state index contributed by atoms with van der Waals surface area (Å²) in [6.07, 6.45) is 0. The number of hydrogen-bond acceptors (Lipinski definition) is 4. The third-order valence-corrected chi connectivity index (χ3v) is 3.07. The highest BCUT2D eigenvalue weighted by molar-refractivity contribution is 6.33. The molecule has 0 unspecified atom stereocenters. The highest BCUT2D eigenvalue weighted by Crippen LogP contribution is 2.32. The van der Waals surface area contributed by atoms with Gasteiger partial charge in [0.05, 0.1) is 10.4 Å². The van der Waals surface area contributed by atoms with Gasteiger partial charge in [-0.1, -0.05) is 11.6 Å². The molecule has 0 atom stereocenters. The zero-order chi connectivity index (χ0) is 12.9. The lowest BCUT2D eigenvalue weighted by Crippen LogP contribution is -1.99. The van der Waals surface area contributed by atoms with E-state index < -0.39 is 5.63 Å². The molecule has 0 radical (unpaired) electrons. The van der Waals surface area contributed by atoms with Crippen molar-refractivity contribution in [2.24, 2.45) is 0 Å². The molecular weight excluding hydrogens is 256 g/mol. The monoisotopic (exact) mass is 262 g/mol. The SMILES string of the molecule is O=c1oc2cc(O)c(Cl)cc2c2ccc(O)cc12. The highest BCUT2D eigenvalue weighted by Gasteiger charge is 2.10. The molecule has 1 aromatic heterocycles. The molecule has 18 heavy (non-hydrogen) atoms. The molecule has 1 heterocycles. The second-order valence-electron chi connectivity index (χ2n) is 3.92. The third kappa shape index (κ3) is 1.50. The molecule has 0 amide bonds.